The lowest BCUT2D eigenvalue weighted by atomic mass is 10.2. The van der Waals surface area contributed by atoms with Crippen molar-refractivity contribution in [3.05, 3.63) is 0 Å². The third-order valence-corrected chi connectivity index (χ3v) is 3.20. The Morgan fingerprint density at radius 1 is 1.41 bits per heavy atom. The molecule has 1 saturated heterocycles. The Labute approximate surface area is 104 Å². The molecule has 0 bridgehead atoms. The summed E-state index contributed by atoms with van der Waals surface area (Å²) in [5.74, 6) is 0. The van der Waals surface area contributed by atoms with Crippen LogP contribution in [-0.4, -0.2) is 55.3 Å². The fourth-order valence-corrected chi connectivity index (χ4v) is 2.20. The fraction of sp³-hybridized carbons (Fsp3) is 0.917. The summed E-state index contributed by atoms with van der Waals surface area (Å²) in [5.41, 5.74) is 5.48. The second kappa shape index (κ2) is 7.50. The molecule has 0 aromatic carbocycles. The normalized spacial score (nSPS) is 17.9. The Bertz CT molecular complexity index is 236. The van der Waals surface area contributed by atoms with E-state index in [1.807, 2.05) is 4.90 Å². The van der Waals surface area contributed by atoms with Crippen LogP contribution in [0.4, 0.5) is 4.79 Å². The molecule has 1 heterocycles. The molecule has 5 nitrogen and oxygen atoms in total. The van der Waals surface area contributed by atoms with Crippen molar-refractivity contribution in [2.24, 2.45) is 5.73 Å². The van der Waals surface area contributed by atoms with E-state index in [0.29, 0.717) is 13.1 Å². The average Bonchev–Trinajstić information content (AvgIpc) is 2.68. The highest BCUT2D eigenvalue weighted by Gasteiger charge is 2.32. The number of amides is 2. The van der Waals surface area contributed by atoms with Crippen LogP contribution in [0.3, 0.4) is 0 Å². The van der Waals surface area contributed by atoms with Gasteiger partial charge in [-0.3, -0.25) is 4.90 Å². The summed E-state index contributed by atoms with van der Waals surface area (Å²) in [6, 6.07) is 0.0683. The van der Waals surface area contributed by atoms with Crippen molar-refractivity contribution in [3.63, 3.8) is 0 Å². The molecule has 2 amide bonds. The SMILES string of the molecule is CCCCCC(OC)N1CCN(CCN)C1=O. The van der Waals surface area contributed by atoms with Gasteiger partial charge < -0.3 is 15.4 Å². The Morgan fingerprint density at radius 2 is 2.18 bits per heavy atom. The smallest absolute Gasteiger partial charge is 0.322 e. The highest BCUT2D eigenvalue weighted by Crippen LogP contribution is 2.17. The van der Waals surface area contributed by atoms with Gasteiger partial charge in [0.25, 0.3) is 0 Å². The van der Waals surface area contributed by atoms with Gasteiger partial charge in [-0.2, -0.15) is 0 Å². The molecule has 1 aliphatic rings. The highest BCUT2D eigenvalue weighted by molar-refractivity contribution is 5.76. The summed E-state index contributed by atoms with van der Waals surface area (Å²) in [7, 11) is 1.68. The van der Waals surface area contributed by atoms with Crippen molar-refractivity contribution >= 4 is 6.03 Å². The summed E-state index contributed by atoms with van der Waals surface area (Å²) in [4.78, 5) is 15.7. The van der Waals surface area contributed by atoms with E-state index in [9.17, 15) is 4.79 Å². The second-order valence-electron chi connectivity index (χ2n) is 4.44. The minimum absolute atomic E-state index is 0.0683. The van der Waals surface area contributed by atoms with Crippen LogP contribution in [0.25, 0.3) is 0 Å². The number of nitrogens with two attached hydrogens (primary N) is 1. The molecule has 5 heteroatoms. The maximum absolute atomic E-state index is 12.0. The van der Waals surface area contributed by atoms with Gasteiger partial charge in [-0.25, -0.2) is 4.79 Å². The highest BCUT2D eigenvalue weighted by atomic mass is 16.5. The van der Waals surface area contributed by atoms with Crippen LogP contribution in [0.2, 0.25) is 0 Å². The van der Waals surface area contributed by atoms with E-state index in [1.165, 1.54) is 12.8 Å². The number of hydrogen-bond donors (Lipinski definition) is 1. The third kappa shape index (κ3) is 3.85. The number of nitrogens with zero attached hydrogens (tertiary/aromatic N) is 2. The number of hydrogen-bond acceptors (Lipinski definition) is 3. The molecular weight excluding hydrogens is 218 g/mol. The van der Waals surface area contributed by atoms with Crippen LogP contribution in [0.5, 0.6) is 0 Å². The standard InChI is InChI=1S/C12H25N3O2/c1-3-4-5-6-11(17-2)15-10-9-14(8-7-13)12(15)16/h11H,3-10,13H2,1-2H3. The van der Waals surface area contributed by atoms with Crippen molar-refractivity contribution in [2.45, 2.75) is 38.8 Å². The Kier molecular flexibility index (Phi) is 6.29. The van der Waals surface area contributed by atoms with Crippen molar-refractivity contribution < 1.29 is 9.53 Å². The van der Waals surface area contributed by atoms with Crippen molar-refractivity contribution in [1.82, 2.24) is 9.80 Å². The Hall–Kier alpha value is -0.810. The summed E-state index contributed by atoms with van der Waals surface area (Å²) in [6.07, 6.45) is 4.33. The molecule has 1 fully saturated rings. The van der Waals surface area contributed by atoms with Crippen molar-refractivity contribution in [3.8, 4) is 0 Å². The summed E-state index contributed by atoms with van der Waals surface area (Å²) >= 11 is 0. The number of urea groups is 1. The molecule has 100 valence electrons. The Morgan fingerprint density at radius 3 is 2.76 bits per heavy atom. The van der Waals surface area contributed by atoms with E-state index < -0.39 is 0 Å². The molecule has 0 aliphatic carbocycles. The average molecular weight is 243 g/mol. The van der Waals surface area contributed by atoms with Crippen LogP contribution < -0.4 is 5.73 Å². The lowest BCUT2D eigenvalue weighted by molar-refractivity contribution is -0.00649. The molecule has 0 aromatic rings. The van der Waals surface area contributed by atoms with Gasteiger partial charge in [0.1, 0.15) is 6.23 Å². The summed E-state index contributed by atoms with van der Waals surface area (Å²) in [5, 5.41) is 0. The number of unbranched alkanes of at least 4 members (excludes halogenated alkanes) is 2. The molecule has 0 saturated carbocycles. The minimum atomic E-state index is -0.0724. The van der Waals surface area contributed by atoms with Gasteiger partial charge in [-0.15, -0.1) is 0 Å². The monoisotopic (exact) mass is 243 g/mol. The molecule has 1 unspecified atom stereocenters. The Balaban J connectivity index is 2.44. The van der Waals surface area contributed by atoms with Crippen molar-refractivity contribution in [2.75, 3.05) is 33.3 Å². The maximum atomic E-state index is 12.0. The number of rotatable bonds is 8. The minimum Gasteiger partial charge on any atom is -0.361 e. The first-order valence-corrected chi connectivity index (χ1v) is 6.53. The van der Waals surface area contributed by atoms with E-state index in [0.717, 1.165) is 25.9 Å². The van der Waals surface area contributed by atoms with Gasteiger partial charge in [0.15, 0.2) is 0 Å². The molecule has 0 radical (unpaired) electrons. The van der Waals surface area contributed by atoms with Crippen LogP contribution in [0.15, 0.2) is 0 Å². The van der Waals surface area contributed by atoms with Gasteiger partial charge in [0.2, 0.25) is 0 Å². The lowest BCUT2D eigenvalue weighted by Gasteiger charge is -2.26. The second-order valence-corrected chi connectivity index (χ2v) is 4.44. The van der Waals surface area contributed by atoms with E-state index >= 15 is 0 Å². The maximum Gasteiger partial charge on any atom is 0.322 e. The largest absolute Gasteiger partial charge is 0.361 e. The zero-order chi connectivity index (χ0) is 12.7. The zero-order valence-corrected chi connectivity index (χ0v) is 11.0. The first-order chi connectivity index (χ1) is 8.24. The molecular formula is C12H25N3O2. The first kappa shape index (κ1) is 14.3. The van der Waals surface area contributed by atoms with Gasteiger partial charge in [0.05, 0.1) is 0 Å². The first-order valence-electron chi connectivity index (χ1n) is 6.53. The van der Waals surface area contributed by atoms with Crippen LogP contribution >= 0.6 is 0 Å². The van der Waals surface area contributed by atoms with E-state index in [4.69, 9.17) is 10.5 Å². The molecule has 17 heavy (non-hydrogen) atoms. The van der Waals surface area contributed by atoms with E-state index in [1.54, 1.807) is 12.0 Å². The van der Waals surface area contributed by atoms with E-state index in [2.05, 4.69) is 6.92 Å². The van der Waals surface area contributed by atoms with Gasteiger partial charge in [-0.1, -0.05) is 19.8 Å². The predicted molar refractivity (Wildman–Crippen MR) is 67.7 cm³/mol. The molecule has 1 rings (SSSR count). The van der Waals surface area contributed by atoms with Crippen molar-refractivity contribution in [1.29, 1.82) is 0 Å². The van der Waals surface area contributed by atoms with Gasteiger partial charge in [0, 0.05) is 33.3 Å². The van der Waals surface area contributed by atoms with Gasteiger partial charge >= 0.3 is 6.03 Å². The topological polar surface area (TPSA) is 58.8 Å². The summed E-state index contributed by atoms with van der Waals surface area (Å²) in [6.45, 7) is 4.85. The molecule has 1 atom stereocenters. The number of methoxy groups -OCH3 is 1. The number of carbonyl (C=O) groups excluding carboxylic acids is 1. The van der Waals surface area contributed by atoms with Crippen LogP contribution in [0, 0.1) is 0 Å². The quantitative estimate of drug-likeness (QED) is 0.652. The van der Waals surface area contributed by atoms with Crippen LogP contribution in [0.1, 0.15) is 32.6 Å². The predicted octanol–water partition coefficient (Wildman–Crippen LogP) is 1.24. The molecule has 2 N–H and O–H groups in total. The van der Waals surface area contributed by atoms with E-state index in [-0.39, 0.29) is 12.3 Å². The molecule has 0 aromatic heterocycles. The lowest BCUT2D eigenvalue weighted by Crippen LogP contribution is -2.41. The zero-order valence-electron chi connectivity index (χ0n) is 11.0. The number of ether oxygens (including phenoxy) is 1. The molecule has 0 spiro atoms. The summed E-state index contributed by atoms with van der Waals surface area (Å²) < 4.78 is 5.42. The van der Waals surface area contributed by atoms with Gasteiger partial charge in [-0.05, 0) is 12.8 Å². The fourth-order valence-electron chi connectivity index (χ4n) is 2.20. The third-order valence-electron chi connectivity index (χ3n) is 3.20. The van der Waals surface area contributed by atoms with Crippen LogP contribution in [-0.2, 0) is 4.74 Å². The number of carbonyl (C=O) groups is 1. The molecule has 1 aliphatic heterocycles.